The summed E-state index contributed by atoms with van der Waals surface area (Å²) in [7, 11) is 0. The molecule has 21 heavy (non-hydrogen) atoms. The lowest BCUT2D eigenvalue weighted by Crippen LogP contribution is -2.52. The van der Waals surface area contributed by atoms with E-state index < -0.39 is 5.54 Å². The van der Waals surface area contributed by atoms with Gasteiger partial charge in [0.15, 0.2) is 0 Å². The zero-order valence-electron chi connectivity index (χ0n) is 13.6. The highest BCUT2D eigenvalue weighted by Crippen LogP contribution is 2.28. The van der Waals surface area contributed by atoms with Gasteiger partial charge in [0, 0.05) is 25.7 Å². The molecule has 0 saturated carbocycles. The van der Waals surface area contributed by atoms with Crippen molar-refractivity contribution in [1.29, 1.82) is 5.26 Å². The topological polar surface area (TPSA) is 39.1 Å². The van der Waals surface area contributed by atoms with E-state index in [0.29, 0.717) is 11.8 Å². The monoisotopic (exact) mass is 285 g/mol. The Morgan fingerprint density at radius 3 is 2.29 bits per heavy atom. The summed E-state index contributed by atoms with van der Waals surface area (Å²) in [6.45, 7) is 11.7. The fourth-order valence-electron chi connectivity index (χ4n) is 3.28. The molecule has 0 bridgehead atoms. The SMILES string of the molecule is CC(C)NC(C#N)(CN1CC(C)C(C)C1)c1ccccc1. The molecular formula is C18H27N3. The lowest BCUT2D eigenvalue weighted by Gasteiger charge is -2.34. The van der Waals surface area contributed by atoms with Crippen LogP contribution in [-0.4, -0.2) is 30.6 Å². The maximum absolute atomic E-state index is 9.93. The number of hydrogen-bond donors (Lipinski definition) is 1. The molecule has 1 aromatic rings. The van der Waals surface area contributed by atoms with E-state index in [9.17, 15) is 5.26 Å². The van der Waals surface area contributed by atoms with E-state index in [-0.39, 0.29) is 6.04 Å². The van der Waals surface area contributed by atoms with Crippen LogP contribution in [0.4, 0.5) is 0 Å². The molecule has 0 aliphatic carbocycles. The number of rotatable bonds is 5. The van der Waals surface area contributed by atoms with Crippen molar-refractivity contribution >= 4 is 0 Å². The van der Waals surface area contributed by atoms with Gasteiger partial charge in [-0.15, -0.1) is 0 Å². The smallest absolute Gasteiger partial charge is 0.145 e. The van der Waals surface area contributed by atoms with Crippen molar-refractivity contribution in [2.24, 2.45) is 11.8 Å². The molecule has 1 fully saturated rings. The summed E-state index contributed by atoms with van der Waals surface area (Å²) in [4.78, 5) is 2.43. The highest BCUT2D eigenvalue weighted by molar-refractivity contribution is 5.32. The molecule has 1 saturated heterocycles. The Bertz CT molecular complexity index is 481. The summed E-state index contributed by atoms with van der Waals surface area (Å²) in [5.41, 5.74) is 0.438. The Kier molecular flexibility index (Phi) is 5.03. The van der Waals surface area contributed by atoms with Gasteiger partial charge in [0.05, 0.1) is 6.07 Å². The number of hydrogen-bond acceptors (Lipinski definition) is 3. The molecule has 1 heterocycles. The highest BCUT2D eigenvalue weighted by atomic mass is 15.2. The third-order valence-corrected chi connectivity index (χ3v) is 4.52. The van der Waals surface area contributed by atoms with Gasteiger partial charge in [-0.25, -0.2) is 0 Å². The molecule has 1 aliphatic heterocycles. The van der Waals surface area contributed by atoms with E-state index in [0.717, 1.165) is 25.2 Å². The van der Waals surface area contributed by atoms with Crippen LogP contribution >= 0.6 is 0 Å². The predicted molar refractivity (Wildman–Crippen MR) is 86.8 cm³/mol. The second-order valence-corrected chi connectivity index (χ2v) is 6.83. The van der Waals surface area contributed by atoms with Gasteiger partial charge in [0.25, 0.3) is 0 Å². The molecule has 3 unspecified atom stereocenters. The lowest BCUT2D eigenvalue weighted by atomic mass is 9.89. The third kappa shape index (κ3) is 3.64. The average molecular weight is 285 g/mol. The standard InChI is InChI=1S/C18H27N3/c1-14(2)20-18(12-19,17-8-6-5-7-9-17)13-21-10-15(3)16(4)11-21/h5-9,14-16,20H,10-11,13H2,1-4H3. The van der Waals surface area contributed by atoms with Crippen LogP contribution in [0.1, 0.15) is 33.3 Å². The van der Waals surface area contributed by atoms with Crippen molar-refractivity contribution < 1.29 is 0 Å². The van der Waals surface area contributed by atoms with Gasteiger partial charge >= 0.3 is 0 Å². The first-order valence-electron chi connectivity index (χ1n) is 7.93. The summed E-state index contributed by atoms with van der Waals surface area (Å²) in [5.74, 6) is 1.41. The van der Waals surface area contributed by atoms with E-state index in [2.05, 4.69) is 56.1 Å². The molecule has 1 aliphatic rings. The van der Waals surface area contributed by atoms with Crippen molar-refractivity contribution in [3.05, 3.63) is 35.9 Å². The molecule has 1 aromatic carbocycles. The maximum atomic E-state index is 9.93. The summed E-state index contributed by atoms with van der Waals surface area (Å²) in [5, 5.41) is 13.4. The zero-order chi connectivity index (χ0) is 15.5. The molecule has 114 valence electrons. The van der Waals surface area contributed by atoms with E-state index >= 15 is 0 Å². The minimum Gasteiger partial charge on any atom is -0.300 e. The first kappa shape index (κ1) is 16.0. The van der Waals surface area contributed by atoms with E-state index in [1.807, 2.05) is 18.2 Å². The molecule has 3 atom stereocenters. The number of benzene rings is 1. The van der Waals surface area contributed by atoms with E-state index in [1.54, 1.807) is 0 Å². The Balaban J connectivity index is 2.26. The second-order valence-electron chi connectivity index (χ2n) is 6.83. The average Bonchev–Trinajstić information content (AvgIpc) is 2.76. The molecule has 2 rings (SSSR count). The largest absolute Gasteiger partial charge is 0.300 e. The van der Waals surface area contributed by atoms with Crippen molar-refractivity contribution in [3.8, 4) is 6.07 Å². The highest BCUT2D eigenvalue weighted by Gasteiger charge is 2.38. The van der Waals surface area contributed by atoms with Gasteiger partial charge in [0.1, 0.15) is 5.54 Å². The summed E-state index contributed by atoms with van der Waals surface area (Å²) in [6.07, 6.45) is 0. The van der Waals surface area contributed by atoms with E-state index in [1.165, 1.54) is 0 Å². The van der Waals surface area contributed by atoms with Crippen LogP contribution in [0.5, 0.6) is 0 Å². The van der Waals surface area contributed by atoms with Gasteiger partial charge in [-0.2, -0.15) is 5.26 Å². The van der Waals surface area contributed by atoms with Crippen LogP contribution in [0.2, 0.25) is 0 Å². The normalized spacial score (nSPS) is 25.7. The molecule has 0 aromatic heterocycles. The Morgan fingerprint density at radius 1 is 1.24 bits per heavy atom. The number of nitrogens with zero attached hydrogens (tertiary/aromatic N) is 2. The summed E-state index contributed by atoms with van der Waals surface area (Å²) >= 11 is 0. The number of likely N-dealkylation sites (tertiary alicyclic amines) is 1. The Hall–Kier alpha value is -1.37. The van der Waals surface area contributed by atoms with Crippen molar-refractivity contribution in [2.75, 3.05) is 19.6 Å². The number of nitriles is 1. The molecule has 0 amide bonds. The minimum absolute atomic E-state index is 0.266. The maximum Gasteiger partial charge on any atom is 0.145 e. The van der Waals surface area contributed by atoms with Gasteiger partial charge in [-0.1, -0.05) is 44.2 Å². The van der Waals surface area contributed by atoms with Crippen LogP contribution in [0.25, 0.3) is 0 Å². The van der Waals surface area contributed by atoms with Crippen LogP contribution < -0.4 is 5.32 Å². The Morgan fingerprint density at radius 2 is 1.81 bits per heavy atom. The lowest BCUT2D eigenvalue weighted by molar-refractivity contribution is 0.232. The van der Waals surface area contributed by atoms with Gasteiger partial charge in [0.2, 0.25) is 0 Å². The molecule has 0 radical (unpaired) electrons. The van der Waals surface area contributed by atoms with Crippen LogP contribution in [0.3, 0.4) is 0 Å². The molecule has 0 spiro atoms. The Labute approximate surface area is 129 Å². The quantitative estimate of drug-likeness (QED) is 0.904. The molecule has 1 N–H and O–H groups in total. The summed E-state index contributed by atoms with van der Waals surface area (Å²) < 4.78 is 0. The zero-order valence-corrected chi connectivity index (χ0v) is 13.6. The van der Waals surface area contributed by atoms with Crippen molar-refractivity contribution in [3.63, 3.8) is 0 Å². The fraction of sp³-hybridized carbons (Fsp3) is 0.611. The van der Waals surface area contributed by atoms with E-state index in [4.69, 9.17) is 0 Å². The van der Waals surface area contributed by atoms with Crippen LogP contribution in [0, 0.1) is 23.2 Å². The van der Waals surface area contributed by atoms with Crippen LogP contribution in [-0.2, 0) is 5.54 Å². The minimum atomic E-state index is -0.626. The first-order chi connectivity index (χ1) is 9.97. The van der Waals surface area contributed by atoms with Crippen molar-refractivity contribution in [1.82, 2.24) is 10.2 Å². The summed E-state index contributed by atoms with van der Waals surface area (Å²) in [6, 6.07) is 13.0. The molecular weight excluding hydrogens is 258 g/mol. The van der Waals surface area contributed by atoms with Crippen molar-refractivity contribution in [2.45, 2.75) is 39.3 Å². The second kappa shape index (κ2) is 6.60. The van der Waals surface area contributed by atoms with Gasteiger partial charge in [-0.05, 0) is 31.2 Å². The van der Waals surface area contributed by atoms with Gasteiger partial charge < -0.3 is 0 Å². The molecule has 3 nitrogen and oxygen atoms in total. The molecule has 3 heteroatoms. The van der Waals surface area contributed by atoms with Gasteiger partial charge in [-0.3, -0.25) is 10.2 Å². The first-order valence-corrected chi connectivity index (χ1v) is 7.93. The predicted octanol–water partition coefficient (Wildman–Crippen LogP) is 2.99. The fourth-order valence-corrected chi connectivity index (χ4v) is 3.28. The third-order valence-electron chi connectivity index (χ3n) is 4.52. The number of nitrogens with one attached hydrogen (secondary N) is 1. The van der Waals surface area contributed by atoms with Crippen LogP contribution in [0.15, 0.2) is 30.3 Å².